The average molecular weight is 290 g/mol. The quantitative estimate of drug-likeness (QED) is 0.869. The fourth-order valence-corrected chi connectivity index (χ4v) is 2.57. The second-order valence-corrected chi connectivity index (χ2v) is 6.78. The summed E-state index contributed by atoms with van der Waals surface area (Å²) in [6.45, 7) is 8.41. The van der Waals surface area contributed by atoms with E-state index in [1.54, 1.807) is 0 Å². The Bertz CT molecular complexity index is 556. The lowest BCUT2D eigenvalue weighted by atomic mass is 9.77. The summed E-state index contributed by atoms with van der Waals surface area (Å²) >= 11 is 1.42. The molecule has 106 valence electrons. The molecule has 1 aliphatic rings. The maximum atomic E-state index is 8.86. The molecule has 2 N–H and O–H groups in total. The van der Waals surface area contributed by atoms with Crippen molar-refractivity contribution in [2.45, 2.75) is 38.9 Å². The van der Waals surface area contributed by atoms with Gasteiger partial charge in [0.15, 0.2) is 0 Å². The van der Waals surface area contributed by atoms with Gasteiger partial charge in [-0.25, -0.2) is 0 Å². The van der Waals surface area contributed by atoms with Crippen LogP contribution in [-0.2, 0) is 9.31 Å². The number of nitrogens with two attached hydrogens (primary N) is 1. The number of hydrogen-bond acceptors (Lipinski definition) is 5. The van der Waals surface area contributed by atoms with Crippen LogP contribution in [0.4, 0.5) is 0 Å². The van der Waals surface area contributed by atoms with Gasteiger partial charge in [0, 0.05) is 6.54 Å². The van der Waals surface area contributed by atoms with Crippen LogP contribution in [0, 0.1) is 11.3 Å². The van der Waals surface area contributed by atoms with Gasteiger partial charge >= 0.3 is 7.12 Å². The van der Waals surface area contributed by atoms with Gasteiger partial charge in [-0.2, -0.15) is 5.26 Å². The van der Waals surface area contributed by atoms with Gasteiger partial charge in [0.05, 0.1) is 11.2 Å². The van der Waals surface area contributed by atoms with Gasteiger partial charge in [-0.05, 0) is 50.2 Å². The van der Waals surface area contributed by atoms with Gasteiger partial charge < -0.3 is 15.0 Å². The molecule has 0 spiro atoms. The van der Waals surface area contributed by atoms with Crippen LogP contribution in [0.5, 0.6) is 0 Å². The van der Waals surface area contributed by atoms with E-state index < -0.39 is 7.12 Å². The van der Waals surface area contributed by atoms with Crippen LogP contribution < -0.4 is 5.73 Å². The van der Waals surface area contributed by atoms with Crippen LogP contribution in [0.3, 0.4) is 0 Å². The van der Waals surface area contributed by atoms with E-state index in [1.165, 1.54) is 11.3 Å². The van der Waals surface area contributed by atoms with Crippen molar-refractivity contribution in [3.8, 4) is 6.07 Å². The maximum Gasteiger partial charge on any atom is 0.491 e. The van der Waals surface area contributed by atoms with Gasteiger partial charge in [0.25, 0.3) is 0 Å². The molecule has 0 bridgehead atoms. The SMILES string of the molecule is CC1(C)OB(C(=Cc2csc(C#N)c2)CN)OC1(C)C. The molecular formula is C14H19BN2O2S. The molecule has 20 heavy (non-hydrogen) atoms. The first-order valence-corrected chi connectivity index (χ1v) is 7.42. The third kappa shape index (κ3) is 2.81. The molecule has 6 heteroatoms. The standard InChI is InChI=1S/C14H19BN2O2S/c1-13(2)14(3,4)19-15(18-13)11(7-16)5-10-6-12(8-17)20-9-10/h5-6,9H,7,16H2,1-4H3. The van der Waals surface area contributed by atoms with Crippen molar-refractivity contribution in [3.05, 3.63) is 27.4 Å². The minimum absolute atomic E-state index is 0.356. The third-order valence-electron chi connectivity index (χ3n) is 3.87. The number of nitrogens with zero attached hydrogens (tertiary/aromatic N) is 1. The van der Waals surface area contributed by atoms with Crippen LogP contribution in [0.2, 0.25) is 0 Å². The van der Waals surface area contributed by atoms with E-state index in [0.29, 0.717) is 11.4 Å². The van der Waals surface area contributed by atoms with Crippen molar-refractivity contribution >= 4 is 24.5 Å². The van der Waals surface area contributed by atoms with Crippen LogP contribution in [0.25, 0.3) is 6.08 Å². The minimum atomic E-state index is -0.435. The van der Waals surface area contributed by atoms with Crippen molar-refractivity contribution < 1.29 is 9.31 Å². The Kier molecular flexibility index (Phi) is 4.08. The topological polar surface area (TPSA) is 68.3 Å². The smallest absolute Gasteiger partial charge is 0.400 e. The molecule has 0 radical (unpaired) electrons. The Morgan fingerprint density at radius 2 is 2.00 bits per heavy atom. The van der Waals surface area contributed by atoms with Gasteiger partial charge in [-0.15, -0.1) is 11.3 Å². The summed E-state index contributed by atoms with van der Waals surface area (Å²) in [5.74, 6) is 0. The lowest BCUT2D eigenvalue weighted by molar-refractivity contribution is 0.00578. The molecule has 1 fully saturated rings. The Hall–Kier alpha value is -1.13. The molecule has 4 nitrogen and oxygen atoms in total. The Morgan fingerprint density at radius 1 is 1.40 bits per heavy atom. The van der Waals surface area contributed by atoms with Crippen LogP contribution in [0.1, 0.15) is 38.1 Å². The molecule has 1 aromatic heterocycles. The first-order chi connectivity index (χ1) is 9.29. The maximum absolute atomic E-state index is 8.86. The lowest BCUT2D eigenvalue weighted by Crippen LogP contribution is -2.41. The summed E-state index contributed by atoms with van der Waals surface area (Å²) < 4.78 is 12.0. The molecule has 0 atom stereocenters. The molecule has 2 rings (SSSR count). The van der Waals surface area contributed by atoms with Crippen LogP contribution in [-0.4, -0.2) is 24.9 Å². The number of thiophene rings is 1. The largest absolute Gasteiger partial charge is 0.491 e. The Morgan fingerprint density at radius 3 is 2.45 bits per heavy atom. The summed E-state index contributed by atoms with van der Waals surface area (Å²) in [7, 11) is -0.435. The van der Waals surface area contributed by atoms with Crippen molar-refractivity contribution in [1.82, 2.24) is 0 Å². The highest BCUT2D eigenvalue weighted by molar-refractivity contribution is 7.10. The minimum Gasteiger partial charge on any atom is -0.400 e. The Labute approximate surface area is 124 Å². The Balaban J connectivity index is 2.24. The first kappa shape index (κ1) is 15.3. The van der Waals surface area contributed by atoms with E-state index in [4.69, 9.17) is 20.3 Å². The molecule has 1 aliphatic heterocycles. The van der Waals surface area contributed by atoms with Gasteiger partial charge in [-0.3, -0.25) is 0 Å². The second-order valence-electron chi connectivity index (χ2n) is 5.87. The highest BCUT2D eigenvalue weighted by Crippen LogP contribution is 2.38. The van der Waals surface area contributed by atoms with Gasteiger partial charge in [0.1, 0.15) is 10.9 Å². The van der Waals surface area contributed by atoms with Crippen LogP contribution >= 0.6 is 11.3 Å². The molecule has 2 heterocycles. The molecule has 0 amide bonds. The molecule has 1 saturated heterocycles. The molecule has 0 aromatic carbocycles. The van der Waals surface area contributed by atoms with E-state index in [9.17, 15) is 0 Å². The summed E-state index contributed by atoms with van der Waals surface area (Å²) in [6.07, 6.45) is 1.94. The molecular weight excluding hydrogens is 271 g/mol. The number of nitriles is 1. The summed E-state index contributed by atoms with van der Waals surface area (Å²) in [6, 6.07) is 3.97. The normalized spacial score (nSPS) is 21.0. The fourth-order valence-electron chi connectivity index (χ4n) is 1.92. The van der Waals surface area contributed by atoms with E-state index in [1.807, 2.05) is 45.2 Å². The number of rotatable bonds is 3. The molecule has 0 aliphatic carbocycles. The van der Waals surface area contributed by atoms with Crippen molar-refractivity contribution in [1.29, 1.82) is 5.26 Å². The summed E-state index contributed by atoms with van der Waals surface area (Å²) in [5.41, 5.74) is 6.91. The van der Waals surface area contributed by atoms with Gasteiger partial charge in [-0.1, -0.05) is 6.08 Å². The summed E-state index contributed by atoms with van der Waals surface area (Å²) in [4.78, 5) is 0.682. The van der Waals surface area contributed by atoms with E-state index in [2.05, 4.69) is 6.07 Å². The highest BCUT2D eigenvalue weighted by atomic mass is 32.1. The summed E-state index contributed by atoms with van der Waals surface area (Å²) in [5, 5.41) is 10.8. The predicted octanol–water partition coefficient (Wildman–Crippen LogP) is 2.59. The molecule has 1 aromatic rings. The molecule has 0 unspecified atom stereocenters. The van der Waals surface area contributed by atoms with E-state index >= 15 is 0 Å². The van der Waals surface area contributed by atoms with Crippen LogP contribution in [0.15, 0.2) is 16.9 Å². The zero-order valence-electron chi connectivity index (χ0n) is 12.3. The van der Waals surface area contributed by atoms with Gasteiger partial charge in [0.2, 0.25) is 0 Å². The van der Waals surface area contributed by atoms with Crippen molar-refractivity contribution in [3.63, 3.8) is 0 Å². The third-order valence-corrected chi connectivity index (χ3v) is 4.73. The zero-order chi connectivity index (χ0) is 15.0. The molecule has 0 saturated carbocycles. The highest BCUT2D eigenvalue weighted by Gasteiger charge is 2.52. The monoisotopic (exact) mass is 290 g/mol. The lowest BCUT2D eigenvalue weighted by Gasteiger charge is -2.32. The zero-order valence-corrected chi connectivity index (χ0v) is 13.1. The van der Waals surface area contributed by atoms with E-state index in [-0.39, 0.29) is 11.2 Å². The van der Waals surface area contributed by atoms with Crippen molar-refractivity contribution in [2.24, 2.45) is 5.73 Å². The second kappa shape index (κ2) is 5.34. The van der Waals surface area contributed by atoms with Crippen molar-refractivity contribution in [2.75, 3.05) is 6.54 Å². The van der Waals surface area contributed by atoms with E-state index in [0.717, 1.165) is 11.0 Å². The fraction of sp³-hybridized carbons (Fsp3) is 0.500. The number of hydrogen-bond donors (Lipinski definition) is 1. The average Bonchev–Trinajstić information content (AvgIpc) is 2.89. The predicted molar refractivity (Wildman–Crippen MR) is 82.1 cm³/mol. The first-order valence-electron chi connectivity index (χ1n) is 6.54.